The SMILES string of the molecule is Nc1cc(O)ccc1NC(=O)c1ccc2c(c1)OCCO2. The smallest absolute Gasteiger partial charge is 0.255 e. The number of carbonyl (C=O) groups is 1. The standard InChI is InChI=1S/C15H14N2O4/c16-11-8-10(18)2-3-12(11)17-15(19)9-1-4-13-14(7-9)21-6-5-20-13/h1-4,7-8,18H,5-6,16H2,(H,17,19). The average Bonchev–Trinajstić information content (AvgIpc) is 2.49. The monoisotopic (exact) mass is 286 g/mol. The number of hydrogen-bond donors (Lipinski definition) is 3. The highest BCUT2D eigenvalue weighted by molar-refractivity contribution is 6.06. The highest BCUT2D eigenvalue weighted by Gasteiger charge is 2.15. The number of nitrogen functional groups attached to an aromatic ring is 1. The second kappa shape index (κ2) is 5.24. The molecule has 1 aliphatic heterocycles. The van der Waals surface area contributed by atoms with Crippen molar-refractivity contribution in [3.05, 3.63) is 42.0 Å². The third kappa shape index (κ3) is 2.69. The molecule has 21 heavy (non-hydrogen) atoms. The summed E-state index contributed by atoms with van der Waals surface area (Å²) in [6.07, 6.45) is 0. The lowest BCUT2D eigenvalue weighted by molar-refractivity contribution is 0.102. The molecule has 0 saturated heterocycles. The highest BCUT2D eigenvalue weighted by Crippen LogP contribution is 2.31. The van der Waals surface area contributed by atoms with E-state index in [0.717, 1.165) is 0 Å². The number of amides is 1. The fourth-order valence-electron chi connectivity index (χ4n) is 2.04. The third-order valence-electron chi connectivity index (χ3n) is 3.09. The average molecular weight is 286 g/mol. The Hall–Kier alpha value is -2.89. The van der Waals surface area contributed by atoms with Gasteiger partial charge in [-0.1, -0.05) is 0 Å². The Labute approximate surface area is 121 Å². The van der Waals surface area contributed by atoms with E-state index in [9.17, 15) is 9.90 Å². The van der Waals surface area contributed by atoms with Crippen LogP contribution in [-0.2, 0) is 0 Å². The number of nitrogens with one attached hydrogen (secondary N) is 1. The molecule has 0 spiro atoms. The molecule has 1 amide bonds. The van der Waals surface area contributed by atoms with Crippen LogP contribution in [0.15, 0.2) is 36.4 Å². The van der Waals surface area contributed by atoms with Crippen LogP contribution < -0.4 is 20.5 Å². The molecular formula is C15H14N2O4. The molecule has 0 fully saturated rings. The molecule has 2 aromatic carbocycles. The second-order valence-electron chi connectivity index (χ2n) is 4.58. The van der Waals surface area contributed by atoms with Gasteiger partial charge in [0.15, 0.2) is 11.5 Å². The fraction of sp³-hybridized carbons (Fsp3) is 0.133. The molecule has 2 aromatic rings. The van der Waals surface area contributed by atoms with Crippen molar-refractivity contribution >= 4 is 17.3 Å². The normalized spacial score (nSPS) is 12.8. The number of aromatic hydroxyl groups is 1. The van der Waals surface area contributed by atoms with Crippen molar-refractivity contribution in [3.8, 4) is 17.2 Å². The largest absolute Gasteiger partial charge is 0.508 e. The van der Waals surface area contributed by atoms with Gasteiger partial charge in [0.1, 0.15) is 19.0 Å². The van der Waals surface area contributed by atoms with Crippen LogP contribution in [0.4, 0.5) is 11.4 Å². The van der Waals surface area contributed by atoms with Crippen molar-refractivity contribution in [3.63, 3.8) is 0 Å². The minimum Gasteiger partial charge on any atom is -0.508 e. The maximum absolute atomic E-state index is 12.2. The predicted molar refractivity (Wildman–Crippen MR) is 77.9 cm³/mol. The van der Waals surface area contributed by atoms with Gasteiger partial charge >= 0.3 is 0 Å². The van der Waals surface area contributed by atoms with Gasteiger partial charge in [-0.05, 0) is 30.3 Å². The van der Waals surface area contributed by atoms with E-state index in [-0.39, 0.29) is 11.7 Å². The molecule has 6 nitrogen and oxygen atoms in total. The Bertz CT molecular complexity index is 700. The Morgan fingerprint density at radius 2 is 1.86 bits per heavy atom. The zero-order chi connectivity index (χ0) is 14.8. The molecule has 0 aliphatic carbocycles. The van der Waals surface area contributed by atoms with Crippen molar-refractivity contribution in [1.29, 1.82) is 0 Å². The lowest BCUT2D eigenvalue weighted by atomic mass is 10.1. The van der Waals surface area contributed by atoms with Crippen LogP contribution >= 0.6 is 0 Å². The molecule has 0 bridgehead atoms. The van der Waals surface area contributed by atoms with Crippen LogP contribution in [0, 0.1) is 0 Å². The van der Waals surface area contributed by atoms with Crippen LogP contribution in [0.5, 0.6) is 17.2 Å². The zero-order valence-corrected chi connectivity index (χ0v) is 11.1. The lowest BCUT2D eigenvalue weighted by Crippen LogP contribution is -2.17. The molecule has 0 unspecified atom stereocenters. The van der Waals surface area contributed by atoms with Crippen molar-refractivity contribution < 1.29 is 19.4 Å². The first-order valence-corrected chi connectivity index (χ1v) is 6.43. The number of phenolic OH excluding ortho intramolecular Hbond substituents is 1. The number of anilines is 2. The molecule has 108 valence electrons. The summed E-state index contributed by atoms with van der Waals surface area (Å²) in [7, 11) is 0. The van der Waals surface area contributed by atoms with Crippen LogP contribution in [0.3, 0.4) is 0 Å². The first kappa shape index (κ1) is 13.1. The number of hydrogen-bond acceptors (Lipinski definition) is 5. The van der Waals surface area contributed by atoms with Crippen LogP contribution in [0.1, 0.15) is 10.4 Å². The minimum atomic E-state index is -0.315. The van der Waals surface area contributed by atoms with Gasteiger partial charge in [0.2, 0.25) is 0 Å². The van der Waals surface area contributed by atoms with E-state index in [1.807, 2.05) is 0 Å². The summed E-state index contributed by atoms with van der Waals surface area (Å²) in [5.41, 5.74) is 6.91. The van der Waals surface area contributed by atoms with Crippen LogP contribution in [0.25, 0.3) is 0 Å². The van der Waals surface area contributed by atoms with E-state index < -0.39 is 0 Å². The zero-order valence-electron chi connectivity index (χ0n) is 11.1. The van der Waals surface area contributed by atoms with E-state index >= 15 is 0 Å². The molecule has 3 rings (SSSR count). The van der Waals surface area contributed by atoms with Gasteiger partial charge in [0.25, 0.3) is 5.91 Å². The number of rotatable bonds is 2. The Morgan fingerprint density at radius 1 is 1.10 bits per heavy atom. The van der Waals surface area contributed by atoms with Crippen molar-refractivity contribution in [2.45, 2.75) is 0 Å². The maximum atomic E-state index is 12.2. The molecule has 0 radical (unpaired) electrons. The van der Waals surface area contributed by atoms with Crippen molar-refractivity contribution in [2.75, 3.05) is 24.3 Å². The molecule has 1 heterocycles. The summed E-state index contributed by atoms with van der Waals surface area (Å²) in [5.74, 6) is 0.906. The molecule has 0 aromatic heterocycles. The van der Waals surface area contributed by atoms with Crippen molar-refractivity contribution in [2.24, 2.45) is 0 Å². The Balaban J connectivity index is 1.82. The second-order valence-corrected chi connectivity index (χ2v) is 4.58. The number of fused-ring (bicyclic) bond motifs is 1. The summed E-state index contributed by atoms with van der Waals surface area (Å²) >= 11 is 0. The van der Waals surface area contributed by atoms with Gasteiger partial charge in [0.05, 0.1) is 11.4 Å². The number of carbonyl (C=O) groups excluding carboxylic acids is 1. The number of phenols is 1. The molecule has 0 atom stereocenters. The summed E-state index contributed by atoms with van der Waals surface area (Å²) in [6.45, 7) is 0.964. The number of benzene rings is 2. The summed E-state index contributed by atoms with van der Waals surface area (Å²) in [4.78, 5) is 12.2. The number of nitrogens with two attached hydrogens (primary N) is 1. The van der Waals surface area contributed by atoms with Crippen LogP contribution in [0.2, 0.25) is 0 Å². The van der Waals surface area contributed by atoms with E-state index in [2.05, 4.69) is 5.32 Å². The van der Waals surface area contributed by atoms with Gasteiger partial charge in [-0.25, -0.2) is 0 Å². The van der Waals surface area contributed by atoms with Crippen LogP contribution in [-0.4, -0.2) is 24.2 Å². The fourth-order valence-corrected chi connectivity index (χ4v) is 2.04. The molecule has 4 N–H and O–H groups in total. The van der Waals surface area contributed by atoms with E-state index in [1.165, 1.54) is 12.1 Å². The minimum absolute atomic E-state index is 0.0461. The third-order valence-corrected chi connectivity index (χ3v) is 3.09. The van der Waals surface area contributed by atoms with E-state index in [4.69, 9.17) is 15.2 Å². The van der Waals surface area contributed by atoms with Gasteiger partial charge in [-0.15, -0.1) is 0 Å². The summed E-state index contributed by atoms with van der Waals surface area (Å²) < 4.78 is 10.8. The van der Waals surface area contributed by atoms with Gasteiger partial charge < -0.3 is 25.6 Å². The van der Waals surface area contributed by atoms with Gasteiger partial charge in [0, 0.05) is 11.6 Å². The van der Waals surface area contributed by atoms with Gasteiger partial charge in [-0.2, -0.15) is 0 Å². The number of ether oxygens (including phenoxy) is 2. The maximum Gasteiger partial charge on any atom is 0.255 e. The van der Waals surface area contributed by atoms with E-state index in [0.29, 0.717) is 41.7 Å². The van der Waals surface area contributed by atoms with Crippen molar-refractivity contribution in [1.82, 2.24) is 0 Å². The molecular weight excluding hydrogens is 272 g/mol. The Kier molecular flexibility index (Phi) is 3.27. The molecule has 0 saturated carbocycles. The van der Waals surface area contributed by atoms with Gasteiger partial charge in [-0.3, -0.25) is 4.79 Å². The molecule has 6 heteroatoms. The first-order chi connectivity index (χ1) is 10.1. The summed E-state index contributed by atoms with van der Waals surface area (Å²) in [6, 6.07) is 9.35. The quantitative estimate of drug-likeness (QED) is 0.580. The summed E-state index contributed by atoms with van der Waals surface area (Å²) in [5, 5.41) is 12.0. The molecule has 1 aliphatic rings. The van der Waals surface area contributed by atoms with E-state index in [1.54, 1.807) is 24.3 Å². The first-order valence-electron chi connectivity index (χ1n) is 6.43. The topological polar surface area (TPSA) is 93.8 Å². The lowest BCUT2D eigenvalue weighted by Gasteiger charge is -2.18. The Morgan fingerprint density at radius 3 is 2.62 bits per heavy atom. The predicted octanol–water partition coefficient (Wildman–Crippen LogP) is 2.00. The highest BCUT2D eigenvalue weighted by atomic mass is 16.6.